The molecule has 0 rings (SSSR count). The molecule has 0 bridgehead atoms. The lowest BCUT2D eigenvalue weighted by Crippen LogP contribution is -2.30. The number of allylic oxidation sites excluding steroid dienone is 4. The van der Waals surface area contributed by atoms with E-state index in [-0.39, 0.29) is 25.7 Å². The lowest BCUT2D eigenvalue weighted by molar-refractivity contribution is -0.161. The predicted molar refractivity (Wildman–Crippen MR) is 358 cm³/mol. The lowest BCUT2D eigenvalue weighted by atomic mass is 10.0. The van der Waals surface area contributed by atoms with Crippen LogP contribution in [-0.2, 0) is 65.4 Å². The molecule has 0 aromatic rings. The third-order valence-electron chi connectivity index (χ3n) is 15.5. The number of esters is 4. The Labute approximate surface area is 542 Å². The largest absolute Gasteiger partial charge is 0.472 e. The van der Waals surface area contributed by atoms with Crippen LogP contribution in [0, 0.1) is 17.8 Å². The fraction of sp³-hybridized carbons (Fsp3) is 0.886. The van der Waals surface area contributed by atoms with Crippen LogP contribution in [0.15, 0.2) is 24.3 Å². The molecule has 2 unspecified atom stereocenters. The van der Waals surface area contributed by atoms with Crippen molar-refractivity contribution in [3.63, 3.8) is 0 Å². The standard InChI is InChI=1S/C70H132O17P2/c1-8-9-10-11-12-13-14-15-16-17-18-25-30-39-46-53-69(74)86-65(57-80-67(72)51-44-37-29-24-20-19-22-27-34-41-48-61(2)3)59-84-88(76,77)82-55-64(71)56-83-89(78,79)85-60-66(58-81-68(73)52-45-38-33-32-36-43-50-63(6)7)87-70(75)54-47-40-31-26-21-23-28-35-42-49-62(4)5/h13-16,61-66,71H,8-12,17-60H2,1-7H3,(H,76,77)(H,78,79)/b14-13-,16-15-/t64-,65-,66-/m1/s1. The van der Waals surface area contributed by atoms with E-state index < -0.39 is 97.5 Å². The summed E-state index contributed by atoms with van der Waals surface area (Å²) in [5.74, 6) is 0.00866. The summed E-state index contributed by atoms with van der Waals surface area (Å²) in [5, 5.41) is 10.6. The molecule has 0 heterocycles. The van der Waals surface area contributed by atoms with Crippen LogP contribution in [0.25, 0.3) is 0 Å². The quantitative estimate of drug-likeness (QED) is 0.0169. The number of carbonyl (C=O) groups excluding carboxylic acids is 4. The average Bonchev–Trinajstić information content (AvgIpc) is 3.70. The van der Waals surface area contributed by atoms with Gasteiger partial charge in [0.15, 0.2) is 12.2 Å². The van der Waals surface area contributed by atoms with E-state index in [4.69, 9.17) is 37.0 Å². The second-order valence-electron chi connectivity index (χ2n) is 26.0. The fourth-order valence-corrected chi connectivity index (χ4v) is 11.6. The predicted octanol–water partition coefficient (Wildman–Crippen LogP) is 19.4. The zero-order valence-electron chi connectivity index (χ0n) is 57.4. The van der Waals surface area contributed by atoms with Crippen LogP contribution >= 0.6 is 15.6 Å². The molecule has 0 saturated carbocycles. The van der Waals surface area contributed by atoms with E-state index in [1.54, 1.807) is 0 Å². The van der Waals surface area contributed by atoms with Gasteiger partial charge in [0.05, 0.1) is 26.4 Å². The van der Waals surface area contributed by atoms with Crippen molar-refractivity contribution in [2.24, 2.45) is 17.8 Å². The van der Waals surface area contributed by atoms with Gasteiger partial charge in [0, 0.05) is 25.7 Å². The van der Waals surface area contributed by atoms with Gasteiger partial charge in [-0.1, -0.05) is 272 Å². The molecule has 0 aliphatic rings. The van der Waals surface area contributed by atoms with Crippen molar-refractivity contribution >= 4 is 39.5 Å². The monoisotopic (exact) mass is 1310 g/mol. The van der Waals surface area contributed by atoms with Gasteiger partial charge in [-0.15, -0.1) is 0 Å². The number of carbonyl (C=O) groups is 4. The fourth-order valence-electron chi connectivity index (χ4n) is 10.0. The molecular weight excluding hydrogens is 1170 g/mol. The van der Waals surface area contributed by atoms with Crippen LogP contribution in [0.4, 0.5) is 0 Å². The van der Waals surface area contributed by atoms with E-state index in [9.17, 15) is 43.2 Å². The SMILES string of the molecule is CCCCCC/C=C\C=C/CCCCCCCC(=O)O[C@H](COC(=O)CCCCCCCCCCCCC(C)C)COP(=O)(O)OC[C@@H](O)COP(=O)(O)OC[C@@H](COC(=O)CCCCCCCCC(C)C)OC(=O)CCCCCCCCCCCC(C)C. The van der Waals surface area contributed by atoms with Crippen LogP contribution in [0.5, 0.6) is 0 Å². The van der Waals surface area contributed by atoms with Crippen LogP contribution in [0.1, 0.15) is 325 Å². The number of rotatable bonds is 66. The molecule has 19 heteroatoms. The number of hydrogen-bond donors (Lipinski definition) is 3. The van der Waals surface area contributed by atoms with Crippen molar-refractivity contribution in [3.8, 4) is 0 Å². The molecule has 17 nitrogen and oxygen atoms in total. The summed E-state index contributed by atoms with van der Waals surface area (Å²) in [6.45, 7) is 11.7. The first-order valence-electron chi connectivity index (χ1n) is 35.7. The van der Waals surface area contributed by atoms with Gasteiger partial charge in [-0.25, -0.2) is 9.13 Å². The van der Waals surface area contributed by atoms with Crippen molar-refractivity contribution in [1.82, 2.24) is 0 Å². The van der Waals surface area contributed by atoms with E-state index >= 15 is 0 Å². The second kappa shape index (κ2) is 60.5. The van der Waals surface area contributed by atoms with E-state index in [2.05, 4.69) is 72.8 Å². The number of aliphatic hydroxyl groups is 1. The molecule has 0 saturated heterocycles. The Morgan fingerprint density at radius 1 is 0.348 bits per heavy atom. The van der Waals surface area contributed by atoms with Crippen LogP contribution in [0.3, 0.4) is 0 Å². The number of unbranched alkanes of at least 4 members (excludes halogenated alkanes) is 31. The van der Waals surface area contributed by atoms with E-state index in [1.165, 1.54) is 116 Å². The molecule has 0 fully saturated rings. The van der Waals surface area contributed by atoms with Crippen molar-refractivity contribution in [3.05, 3.63) is 24.3 Å². The number of phosphoric acid groups is 2. The first kappa shape index (κ1) is 86.5. The third-order valence-corrected chi connectivity index (χ3v) is 17.4. The number of aliphatic hydroxyl groups excluding tert-OH is 1. The highest BCUT2D eigenvalue weighted by Gasteiger charge is 2.30. The van der Waals surface area contributed by atoms with Gasteiger partial charge in [-0.05, 0) is 69.1 Å². The van der Waals surface area contributed by atoms with E-state index in [0.29, 0.717) is 31.6 Å². The van der Waals surface area contributed by atoms with Crippen LogP contribution in [0.2, 0.25) is 0 Å². The minimum atomic E-state index is -4.96. The molecule has 0 aromatic heterocycles. The molecule has 0 aromatic carbocycles. The minimum Gasteiger partial charge on any atom is -0.462 e. The number of hydrogen-bond acceptors (Lipinski definition) is 15. The maximum atomic E-state index is 13.0. The first-order valence-corrected chi connectivity index (χ1v) is 38.7. The maximum Gasteiger partial charge on any atom is 0.472 e. The van der Waals surface area contributed by atoms with Gasteiger partial charge in [0.2, 0.25) is 0 Å². The number of ether oxygens (including phenoxy) is 4. The lowest BCUT2D eigenvalue weighted by Gasteiger charge is -2.21. The third kappa shape index (κ3) is 64.1. The smallest absolute Gasteiger partial charge is 0.462 e. The summed E-state index contributed by atoms with van der Waals surface area (Å²) in [7, 11) is -9.91. The zero-order chi connectivity index (χ0) is 65.9. The molecule has 0 aliphatic heterocycles. The summed E-state index contributed by atoms with van der Waals surface area (Å²) < 4.78 is 68.2. The highest BCUT2D eigenvalue weighted by Crippen LogP contribution is 2.45. The first-order chi connectivity index (χ1) is 42.7. The van der Waals surface area contributed by atoms with Crippen molar-refractivity contribution in [2.45, 2.75) is 343 Å². The molecule has 0 amide bonds. The van der Waals surface area contributed by atoms with Gasteiger partial charge >= 0.3 is 39.5 Å². The summed E-state index contributed by atoms with van der Waals surface area (Å²) in [6, 6.07) is 0. The summed E-state index contributed by atoms with van der Waals surface area (Å²) in [4.78, 5) is 72.5. The van der Waals surface area contributed by atoms with Gasteiger partial charge in [-0.3, -0.25) is 37.3 Å². The molecule has 0 spiro atoms. The van der Waals surface area contributed by atoms with Crippen molar-refractivity contribution in [2.75, 3.05) is 39.6 Å². The van der Waals surface area contributed by atoms with Gasteiger partial charge < -0.3 is 33.8 Å². The van der Waals surface area contributed by atoms with Gasteiger partial charge in [0.25, 0.3) is 0 Å². The maximum absolute atomic E-state index is 13.0. The Balaban J connectivity index is 5.29. The van der Waals surface area contributed by atoms with Crippen LogP contribution in [-0.4, -0.2) is 96.7 Å². The summed E-state index contributed by atoms with van der Waals surface area (Å²) in [6.07, 6.45) is 46.8. The normalized spacial score (nSPS) is 14.4. The Morgan fingerprint density at radius 3 is 0.910 bits per heavy atom. The Hall–Kier alpha value is -2.46. The van der Waals surface area contributed by atoms with Crippen LogP contribution < -0.4 is 0 Å². The average molecular weight is 1310 g/mol. The Morgan fingerprint density at radius 2 is 0.607 bits per heavy atom. The molecule has 0 radical (unpaired) electrons. The van der Waals surface area contributed by atoms with Crippen molar-refractivity contribution in [1.29, 1.82) is 0 Å². The molecule has 3 N–H and O–H groups in total. The Bertz CT molecular complexity index is 1840. The molecule has 5 atom stereocenters. The minimum absolute atomic E-state index is 0.0842. The molecular formula is C70H132O17P2. The van der Waals surface area contributed by atoms with E-state index in [1.807, 2.05) is 0 Å². The summed E-state index contributed by atoms with van der Waals surface area (Å²) >= 11 is 0. The molecule has 0 aliphatic carbocycles. The number of phosphoric ester groups is 2. The molecule has 89 heavy (non-hydrogen) atoms. The zero-order valence-corrected chi connectivity index (χ0v) is 59.2. The van der Waals surface area contributed by atoms with Gasteiger partial charge in [-0.2, -0.15) is 0 Å². The topological polar surface area (TPSA) is 237 Å². The molecule has 524 valence electrons. The highest BCUT2D eigenvalue weighted by atomic mass is 31.2. The van der Waals surface area contributed by atoms with E-state index in [0.717, 1.165) is 121 Å². The highest BCUT2D eigenvalue weighted by molar-refractivity contribution is 7.47. The Kier molecular flexibility index (Phi) is 58.8. The second-order valence-corrected chi connectivity index (χ2v) is 28.9. The summed E-state index contributed by atoms with van der Waals surface area (Å²) in [5.41, 5.74) is 0. The van der Waals surface area contributed by atoms with Gasteiger partial charge in [0.1, 0.15) is 19.3 Å². The van der Waals surface area contributed by atoms with Crippen molar-refractivity contribution < 1.29 is 80.2 Å².